The number of ether oxygens (including phenoxy) is 1. The van der Waals surface area contributed by atoms with Crippen molar-refractivity contribution in [3.63, 3.8) is 0 Å². The summed E-state index contributed by atoms with van der Waals surface area (Å²) in [6, 6.07) is 3.32. The fourth-order valence-electron chi connectivity index (χ4n) is 13.9. The van der Waals surface area contributed by atoms with Crippen LogP contribution in [-0.4, -0.2) is 255 Å². The van der Waals surface area contributed by atoms with Gasteiger partial charge in [0.15, 0.2) is 5.96 Å². The van der Waals surface area contributed by atoms with Crippen LogP contribution < -0.4 is 125 Å². The summed E-state index contributed by atoms with van der Waals surface area (Å²) in [6.07, 6.45) is -7.76. The minimum Gasteiger partial charge on any atom is -0.492 e. The number of carbonyl (C=O) groups is 19. The van der Waals surface area contributed by atoms with Gasteiger partial charge >= 0.3 is 5.97 Å². The van der Waals surface area contributed by atoms with Gasteiger partial charge in [0.25, 0.3) is 0 Å². The number of carboxylic acid groups (broad SMARTS) is 1. The van der Waals surface area contributed by atoms with Crippen LogP contribution >= 0.6 is 11.8 Å². The van der Waals surface area contributed by atoms with Crippen molar-refractivity contribution in [2.24, 2.45) is 45.9 Å². The Labute approximate surface area is 756 Å². The van der Waals surface area contributed by atoms with Crippen LogP contribution in [0.3, 0.4) is 0 Å². The molecular weight excluding hydrogens is 1730 g/mol. The lowest BCUT2D eigenvalue weighted by Gasteiger charge is -2.34. The molecule has 14 atom stereocenters. The maximum absolute atomic E-state index is 15.9. The van der Waals surface area contributed by atoms with Crippen LogP contribution in [0.4, 0.5) is 0 Å². The molecule has 0 saturated carbocycles. The lowest BCUT2D eigenvalue weighted by molar-refractivity contribution is -0.140. The number of guanidine groups is 1. The summed E-state index contributed by atoms with van der Waals surface area (Å²) < 4.78 is 5.73. The molecule has 4 aromatic carbocycles. The monoisotopic (exact) mass is 1850 g/mol. The van der Waals surface area contributed by atoms with Gasteiger partial charge in [-0.25, -0.2) is 0 Å². The molecule has 0 spiro atoms. The fraction of sp³-hybridized carbons (Fsp3) is 0.476. The largest absolute Gasteiger partial charge is 0.492 e. The Morgan fingerprint density at radius 3 is 1.76 bits per heavy atom. The number of nitrogens with one attached hydrogen (secondary N) is 16. The Hall–Kier alpha value is -14.1. The second-order valence-corrected chi connectivity index (χ2v) is 32.7. The van der Waals surface area contributed by atoms with Gasteiger partial charge in [0, 0.05) is 81.4 Å². The molecule has 0 aliphatic carbocycles. The smallest absolute Gasteiger partial charge is 0.303 e. The number of unbranched alkanes of at least 4 members (excludes halogenated alkanes) is 1. The van der Waals surface area contributed by atoms with Crippen LogP contribution in [0.2, 0.25) is 0 Å². The van der Waals surface area contributed by atoms with E-state index in [1.807, 2.05) is 0 Å². The summed E-state index contributed by atoms with van der Waals surface area (Å²) in [5.41, 5.74) is 44.0. The van der Waals surface area contributed by atoms with E-state index in [9.17, 15) is 72.5 Å². The number of aromatic nitrogens is 1. The minimum atomic E-state index is -2.18. The quantitative estimate of drug-likeness (QED) is 0.00978. The van der Waals surface area contributed by atoms with Gasteiger partial charge in [0.2, 0.25) is 106 Å². The van der Waals surface area contributed by atoms with E-state index in [4.69, 9.17) is 56.0 Å². The van der Waals surface area contributed by atoms with Gasteiger partial charge in [-0.3, -0.25) is 96.5 Å². The van der Waals surface area contributed by atoms with Gasteiger partial charge in [-0.05, 0) is 130 Å². The maximum atomic E-state index is 15.9. The topological polar surface area (TPSA) is 790 Å². The Balaban J connectivity index is 1.51. The van der Waals surface area contributed by atoms with E-state index in [1.54, 1.807) is 66.7 Å². The third-order valence-electron chi connectivity index (χ3n) is 20.9. The van der Waals surface area contributed by atoms with Crippen LogP contribution in [0.1, 0.15) is 127 Å². The zero-order valence-corrected chi connectivity index (χ0v) is 73.4. The number of nitrogens with two attached hydrogens (primary N) is 8. The van der Waals surface area contributed by atoms with E-state index in [-0.39, 0.29) is 64.1 Å². The summed E-state index contributed by atoms with van der Waals surface area (Å²) in [7, 11) is 0. The average molecular weight is 1850 g/mol. The van der Waals surface area contributed by atoms with E-state index in [0.717, 1.165) is 31.0 Å². The first kappa shape index (κ1) is 106. The van der Waals surface area contributed by atoms with Crippen LogP contribution in [0.25, 0.3) is 21.7 Å². The number of rotatable bonds is 47. The number of fused-ring (bicyclic) bond motifs is 2. The lowest BCUT2D eigenvalue weighted by atomic mass is 9.91. The molecule has 6 rings (SSSR count). The minimum absolute atomic E-state index is 0.0405. The third-order valence-corrected chi connectivity index (χ3v) is 22.0. The molecule has 46 nitrogen and oxygen atoms in total. The molecule has 1 aliphatic heterocycles. The highest BCUT2D eigenvalue weighted by Crippen LogP contribution is 2.24. The van der Waals surface area contributed by atoms with E-state index >= 15 is 28.8 Å². The number of para-hydroxylation sites is 1. The standard InChI is InChI=1S/C84H118N24O22S/c1-43(109)69-81(128)104-61(38-49-41-95-52-14-7-6-13-51(49)52)77(124)98-54(22-25-64(87)111)72(119)105-63(42-131-34-28-57(74(121)97-55(75(122)107-69)23-26-65(88)112)99-71(118)53(96-44(2)110)15-10-32-94-83(92)93)79(126)101-59(36-45-17-20-50(21-18-45)130-33-31-86)76(123)102-60(37-46-16-19-47-11-4-5-12-48(47)35-46)80(127)108-84(3,29-8-9-30-85)82(129)106-56(24-27-68(115)116)73(120)103-62(40-67(90)114)78(125)100-58(70(91)117)39-66(89)113/h4-7,11-14,16-21,35,41,43,53-63,69,95,109H,8-10,15,22-34,36-40,42,85-86H2,1-3H3,(H2,87,111)(H2,88,112)(H2,89,113)(H2,90,114)(H2,91,117)(H,96,110)(H,97,121)(H,98,124)(H,99,118)(H,100,125)(H,101,126)(H,102,123)(H,103,120)(H,104,128)(H,105,119)(H,106,129)(H,107,122)(H,108,127)(H,115,116)(H4,92,93,94)/t43-,53+,54+,55+,56+,57+,58+,59+,60+,61+,62+,63+,69+,84+/m1/s1. The molecule has 1 saturated heterocycles. The predicted molar refractivity (Wildman–Crippen MR) is 476 cm³/mol. The van der Waals surface area contributed by atoms with Gasteiger partial charge in [-0.15, -0.1) is 0 Å². The number of hydrogen-bond donors (Lipinski definition) is 26. The molecule has 2 heterocycles. The Morgan fingerprint density at radius 2 is 1.14 bits per heavy atom. The predicted octanol–water partition coefficient (Wildman–Crippen LogP) is -7.06. The van der Waals surface area contributed by atoms with Gasteiger partial charge in [0.05, 0.1) is 18.9 Å². The zero-order valence-electron chi connectivity index (χ0n) is 72.6. The van der Waals surface area contributed by atoms with Crippen molar-refractivity contribution in [3.8, 4) is 5.75 Å². The number of amides is 18. The van der Waals surface area contributed by atoms with Crippen molar-refractivity contribution in [1.29, 1.82) is 5.41 Å². The second kappa shape index (κ2) is 52.4. The number of hydrogen-bond acceptors (Lipinski definition) is 25. The maximum Gasteiger partial charge on any atom is 0.303 e. The highest BCUT2D eigenvalue weighted by Gasteiger charge is 2.43. The Kier molecular flexibility index (Phi) is 42.3. The second-order valence-electron chi connectivity index (χ2n) is 31.6. The van der Waals surface area contributed by atoms with E-state index in [1.165, 1.54) is 37.4 Å². The summed E-state index contributed by atoms with van der Waals surface area (Å²) in [4.78, 5) is 270. The highest BCUT2D eigenvalue weighted by atomic mass is 32.2. The molecular formula is C84H118N24O22S. The first-order valence-electron chi connectivity index (χ1n) is 42.1. The lowest BCUT2D eigenvalue weighted by Crippen LogP contribution is -2.64. The van der Waals surface area contributed by atoms with Crippen molar-refractivity contribution >= 4 is 152 Å². The number of benzene rings is 4. The number of aromatic amines is 1. The SMILES string of the molecule is CC(=O)N[C@@H](CCCNC(=N)N)C(=O)N[C@H]1CCSC[C@@H](C(=O)N[C@@H](Cc2ccc(OCCN)cc2)C(=O)N[C@@H](Cc2ccc3ccccc3c2)C(=O)N[C@@](C)(CCCCN)C(=O)N[C@@H](CCC(=O)O)C(=O)N[C@@H](CC(N)=O)C(=O)N[C@@H](CC(N)=O)C(N)=O)NC(=O)[C@H](CCC(N)=O)NC(=O)[C@H](Cc2c[nH]c3ccccc23)NC(=O)[C@H]([C@@H](C)O)NC(=O)[C@H](CCC(N)=O)NC1=O. The number of aliphatic hydroxyl groups is 1. The number of aliphatic hydroxyl groups excluding tert-OH is 1. The molecule has 712 valence electrons. The molecule has 18 amide bonds. The number of H-pyrrole nitrogens is 1. The highest BCUT2D eigenvalue weighted by molar-refractivity contribution is 7.99. The van der Waals surface area contributed by atoms with Crippen LogP contribution in [0.15, 0.2) is 97.2 Å². The number of thioether (sulfide) groups is 1. The number of aliphatic carboxylic acids is 1. The first-order chi connectivity index (χ1) is 62.1. The zero-order chi connectivity index (χ0) is 96.8. The number of carbonyl (C=O) groups excluding carboxylic acids is 18. The number of primary amides is 5. The normalized spacial score (nSPS) is 18.5. The van der Waals surface area contributed by atoms with Gasteiger partial charge in [-0.1, -0.05) is 72.8 Å². The first-order valence-corrected chi connectivity index (χ1v) is 43.3. The molecule has 0 unspecified atom stereocenters. The van der Waals surface area contributed by atoms with Crippen molar-refractivity contribution in [1.82, 2.24) is 79.4 Å². The van der Waals surface area contributed by atoms with Crippen LogP contribution in [0, 0.1) is 5.41 Å². The molecule has 34 N–H and O–H groups in total. The third kappa shape index (κ3) is 35.5. The van der Waals surface area contributed by atoms with Crippen molar-refractivity contribution in [2.75, 3.05) is 37.7 Å². The number of carboxylic acids is 1. The fourth-order valence-corrected chi connectivity index (χ4v) is 14.9. The van der Waals surface area contributed by atoms with E-state index < -0.39 is 285 Å². The summed E-state index contributed by atoms with van der Waals surface area (Å²) >= 11 is 0.831. The molecule has 1 aromatic heterocycles. The Bertz CT molecular complexity index is 4940. The van der Waals surface area contributed by atoms with Crippen molar-refractivity contribution < 1.29 is 106 Å². The molecule has 47 heteroatoms. The van der Waals surface area contributed by atoms with Gasteiger partial charge in [0.1, 0.15) is 90.4 Å². The van der Waals surface area contributed by atoms with E-state index in [2.05, 4.69) is 79.4 Å². The molecule has 131 heavy (non-hydrogen) atoms. The summed E-state index contributed by atoms with van der Waals surface area (Å²) in [5.74, 6) is -22.7. The average Bonchev–Trinajstić information content (AvgIpc) is 1.80. The molecule has 0 bridgehead atoms. The Morgan fingerprint density at radius 1 is 0.573 bits per heavy atom. The molecule has 5 aromatic rings. The van der Waals surface area contributed by atoms with Crippen LogP contribution in [-0.2, 0) is 110 Å². The van der Waals surface area contributed by atoms with Gasteiger partial charge in [-0.2, -0.15) is 11.8 Å². The van der Waals surface area contributed by atoms with E-state index in [0.29, 0.717) is 38.7 Å². The molecule has 0 radical (unpaired) electrons. The summed E-state index contributed by atoms with van der Waals surface area (Å²) in [6.45, 7) is 3.71. The molecule has 1 fully saturated rings. The summed E-state index contributed by atoms with van der Waals surface area (Å²) in [5, 5.41) is 65.9. The van der Waals surface area contributed by atoms with Crippen LogP contribution in [0.5, 0.6) is 5.75 Å². The van der Waals surface area contributed by atoms with Crippen molar-refractivity contribution in [2.45, 2.75) is 214 Å². The van der Waals surface area contributed by atoms with Gasteiger partial charge < -0.3 is 140 Å². The molecule has 1 aliphatic rings. The van der Waals surface area contributed by atoms with Crippen molar-refractivity contribution in [3.05, 3.63) is 114 Å².